The van der Waals surface area contributed by atoms with E-state index in [0.29, 0.717) is 35.9 Å². The number of anilines is 1. The number of benzene rings is 2. The molecule has 2 saturated heterocycles. The van der Waals surface area contributed by atoms with Crippen LogP contribution in [0.5, 0.6) is 17.2 Å². The summed E-state index contributed by atoms with van der Waals surface area (Å²) in [6.07, 6.45) is 8.96. The predicted octanol–water partition coefficient (Wildman–Crippen LogP) is 5.81. The van der Waals surface area contributed by atoms with Gasteiger partial charge in [-0.15, -0.1) is 0 Å². The molecule has 1 amide bonds. The van der Waals surface area contributed by atoms with Gasteiger partial charge in [0.1, 0.15) is 0 Å². The highest BCUT2D eigenvalue weighted by Gasteiger charge is 2.42. The molecule has 1 unspecified atom stereocenters. The van der Waals surface area contributed by atoms with Crippen molar-refractivity contribution in [2.75, 3.05) is 72.0 Å². The molecular weight excluding hydrogens is 604 g/mol. The van der Waals surface area contributed by atoms with Crippen LogP contribution in [0, 0.1) is 0 Å². The van der Waals surface area contributed by atoms with E-state index >= 15 is 0 Å². The highest BCUT2D eigenvalue weighted by molar-refractivity contribution is 5.96. The number of allylic oxidation sites excluding steroid dienone is 2. The summed E-state index contributed by atoms with van der Waals surface area (Å²) < 4.78 is 18.9. The quantitative estimate of drug-likeness (QED) is 0.188. The number of carbonyl (C=O) groups is 1. The molecule has 2 aromatic heterocycles. The van der Waals surface area contributed by atoms with Crippen LogP contribution in [0.15, 0.2) is 72.6 Å². The Balaban J connectivity index is 1.17. The Bertz CT molecular complexity index is 1730. The molecule has 1 atom stereocenters. The summed E-state index contributed by atoms with van der Waals surface area (Å²) in [4.78, 5) is 30.5. The maximum Gasteiger partial charge on any atom is 0.254 e. The number of hydrogen-bond donors (Lipinski definition) is 0. The average Bonchev–Trinajstić information content (AvgIpc) is 3.64. The summed E-state index contributed by atoms with van der Waals surface area (Å²) in [6, 6.07) is 16.1. The van der Waals surface area contributed by atoms with Crippen LogP contribution in [0.3, 0.4) is 0 Å². The first-order chi connectivity index (χ1) is 23.4. The molecule has 2 fully saturated rings. The van der Waals surface area contributed by atoms with Crippen molar-refractivity contribution in [1.82, 2.24) is 24.3 Å². The number of aromatic nitrogens is 3. The van der Waals surface area contributed by atoms with Crippen molar-refractivity contribution in [3.05, 3.63) is 83.7 Å². The smallest absolute Gasteiger partial charge is 0.254 e. The van der Waals surface area contributed by atoms with Gasteiger partial charge in [0.2, 0.25) is 11.7 Å². The molecule has 0 radical (unpaired) electrons. The summed E-state index contributed by atoms with van der Waals surface area (Å²) in [5.74, 6) is 2.44. The Morgan fingerprint density at radius 2 is 1.73 bits per heavy atom. The van der Waals surface area contributed by atoms with Gasteiger partial charge in [-0.25, -0.2) is 4.98 Å². The fraction of sp³-hybridized carbons (Fsp3) is 0.447. The van der Waals surface area contributed by atoms with Crippen molar-refractivity contribution in [2.45, 2.75) is 45.1 Å². The van der Waals surface area contributed by atoms with Crippen molar-refractivity contribution < 1.29 is 19.0 Å². The zero-order chi connectivity index (χ0) is 33.7. The second-order valence-electron chi connectivity index (χ2n) is 13.1. The van der Waals surface area contributed by atoms with Gasteiger partial charge in [-0.05, 0) is 82.1 Å². The van der Waals surface area contributed by atoms with Gasteiger partial charge in [0, 0.05) is 62.6 Å². The Morgan fingerprint density at radius 3 is 2.44 bits per heavy atom. The number of fused-ring (bicyclic) bond motifs is 1. The lowest BCUT2D eigenvalue weighted by Crippen LogP contribution is -2.39. The fourth-order valence-electron chi connectivity index (χ4n) is 7.22. The lowest BCUT2D eigenvalue weighted by molar-refractivity contribution is 0.0780. The maximum atomic E-state index is 13.9. The molecule has 0 aliphatic carbocycles. The molecule has 2 aromatic carbocycles. The van der Waals surface area contributed by atoms with Crippen molar-refractivity contribution in [1.29, 1.82) is 0 Å². The number of likely N-dealkylation sites (tertiary alicyclic amines) is 1. The molecule has 254 valence electrons. The number of nitrogens with zero attached hydrogens (tertiary/aromatic N) is 6. The molecule has 0 saturated carbocycles. The first kappa shape index (κ1) is 33.3. The number of carbonyl (C=O) groups excluding carboxylic acids is 1. The predicted molar refractivity (Wildman–Crippen MR) is 190 cm³/mol. The van der Waals surface area contributed by atoms with Gasteiger partial charge in [-0.3, -0.25) is 9.78 Å². The Kier molecular flexibility index (Phi) is 10.2. The lowest BCUT2D eigenvalue weighted by atomic mass is 9.77. The standard InChI is InChI=1S/C38H48N6O4/c1-28(2)13-19-44-32-12-7-6-11-31(32)40-37(44)42-18-9-17-41(22-23-42)20-14-38(30-10-8-16-39-26-30)15-21-43(27-38)36(45)29-24-33(46-3)35(48-5)34(25-29)47-4/h6-8,10-13,16,24-26H,9,14-15,17-23,27H2,1-5H3. The van der Waals surface area contributed by atoms with E-state index in [0.717, 1.165) is 70.0 Å². The number of amides is 1. The molecular formula is C38H48N6O4. The number of hydrogen-bond acceptors (Lipinski definition) is 8. The molecule has 2 aliphatic rings. The number of rotatable bonds is 11. The maximum absolute atomic E-state index is 13.9. The zero-order valence-electron chi connectivity index (χ0n) is 28.9. The molecule has 6 rings (SSSR count). The lowest BCUT2D eigenvalue weighted by Gasteiger charge is -2.32. The van der Waals surface area contributed by atoms with Crippen LogP contribution in [-0.4, -0.2) is 97.4 Å². The van der Waals surface area contributed by atoms with E-state index in [4.69, 9.17) is 19.2 Å². The summed E-state index contributed by atoms with van der Waals surface area (Å²) in [5.41, 5.74) is 5.05. The van der Waals surface area contributed by atoms with Crippen LogP contribution in [-0.2, 0) is 12.0 Å². The van der Waals surface area contributed by atoms with E-state index in [-0.39, 0.29) is 11.3 Å². The Labute approximate surface area is 283 Å². The molecule has 0 bridgehead atoms. The summed E-state index contributed by atoms with van der Waals surface area (Å²) in [6.45, 7) is 11.2. The summed E-state index contributed by atoms with van der Waals surface area (Å²) in [5, 5.41) is 0. The van der Waals surface area contributed by atoms with Gasteiger partial charge in [0.25, 0.3) is 5.91 Å². The third kappa shape index (κ3) is 6.85. The van der Waals surface area contributed by atoms with Crippen LogP contribution < -0.4 is 19.1 Å². The van der Waals surface area contributed by atoms with E-state index in [1.807, 2.05) is 23.4 Å². The van der Waals surface area contributed by atoms with Crippen LogP contribution in [0.25, 0.3) is 11.0 Å². The number of imidazole rings is 1. The van der Waals surface area contributed by atoms with E-state index in [2.05, 4.69) is 69.6 Å². The van der Waals surface area contributed by atoms with Gasteiger partial charge in [0.15, 0.2) is 11.5 Å². The first-order valence-corrected chi connectivity index (χ1v) is 16.9. The monoisotopic (exact) mass is 652 g/mol. The zero-order valence-corrected chi connectivity index (χ0v) is 28.9. The van der Waals surface area contributed by atoms with Crippen LogP contribution in [0.2, 0.25) is 0 Å². The third-order valence-corrected chi connectivity index (χ3v) is 9.92. The van der Waals surface area contributed by atoms with Crippen molar-refractivity contribution in [3.8, 4) is 17.2 Å². The topological polar surface area (TPSA) is 85.2 Å². The first-order valence-electron chi connectivity index (χ1n) is 16.9. The summed E-state index contributed by atoms with van der Waals surface area (Å²) in [7, 11) is 4.70. The molecule has 10 heteroatoms. The second-order valence-corrected chi connectivity index (χ2v) is 13.1. The average molecular weight is 653 g/mol. The van der Waals surface area contributed by atoms with Gasteiger partial charge in [0.05, 0.1) is 32.4 Å². The highest BCUT2D eigenvalue weighted by Crippen LogP contribution is 2.41. The molecule has 2 aliphatic heterocycles. The molecule has 4 aromatic rings. The second kappa shape index (κ2) is 14.7. The SMILES string of the molecule is COc1cc(C(=O)N2CCC(CCN3CCCN(c4nc5ccccc5n4CC=C(C)C)CC3)(c3cccnc3)C2)cc(OC)c1OC. The molecule has 4 heterocycles. The van der Waals surface area contributed by atoms with Gasteiger partial charge in [-0.1, -0.05) is 29.8 Å². The third-order valence-electron chi connectivity index (χ3n) is 9.92. The van der Waals surface area contributed by atoms with E-state index in [9.17, 15) is 4.79 Å². The highest BCUT2D eigenvalue weighted by atomic mass is 16.5. The largest absolute Gasteiger partial charge is 0.493 e. The minimum atomic E-state index is -0.186. The van der Waals surface area contributed by atoms with Crippen LogP contribution in [0.1, 0.15) is 49.0 Å². The number of para-hydroxylation sites is 2. The van der Waals surface area contributed by atoms with Gasteiger partial charge < -0.3 is 33.5 Å². The van der Waals surface area contributed by atoms with Gasteiger partial charge >= 0.3 is 0 Å². The van der Waals surface area contributed by atoms with E-state index in [1.165, 1.54) is 16.7 Å². The van der Waals surface area contributed by atoms with E-state index < -0.39 is 0 Å². The molecule has 48 heavy (non-hydrogen) atoms. The van der Waals surface area contributed by atoms with Crippen LogP contribution >= 0.6 is 0 Å². The Hall–Kier alpha value is -4.57. The Morgan fingerprint density at radius 1 is 0.938 bits per heavy atom. The minimum absolute atomic E-state index is 0.0403. The number of pyridine rings is 1. The van der Waals surface area contributed by atoms with Crippen LogP contribution in [0.4, 0.5) is 5.95 Å². The van der Waals surface area contributed by atoms with Crippen molar-refractivity contribution in [2.24, 2.45) is 0 Å². The normalized spacial score (nSPS) is 18.5. The fourth-order valence-corrected chi connectivity index (χ4v) is 7.22. The molecule has 0 N–H and O–H groups in total. The van der Waals surface area contributed by atoms with Crippen molar-refractivity contribution >= 4 is 22.9 Å². The molecule has 0 spiro atoms. The summed E-state index contributed by atoms with van der Waals surface area (Å²) >= 11 is 0. The molecule has 10 nitrogen and oxygen atoms in total. The minimum Gasteiger partial charge on any atom is -0.493 e. The van der Waals surface area contributed by atoms with Crippen molar-refractivity contribution in [3.63, 3.8) is 0 Å². The number of ether oxygens (including phenoxy) is 3. The number of methoxy groups -OCH3 is 3. The van der Waals surface area contributed by atoms with Gasteiger partial charge in [-0.2, -0.15) is 0 Å². The van der Waals surface area contributed by atoms with E-state index in [1.54, 1.807) is 33.5 Å².